The average Bonchev–Trinajstić information content (AvgIpc) is 2.47. The summed E-state index contributed by atoms with van der Waals surface area (Å²) in [6.45, 7) is 2.88. The second-order valence-corrected chi connectivity index (χ2v) is 4.22. The fourth-order valence-corrected chi connectivity index (χ4v) is 1.35. The molecular formula is C14H18N2O5. The van der Waals surface area contributed by atoms with Crippen LogP contribution in [-0.4, -0.2) is 37.2 Å². The van der Waals surface area contributed by atoms with Crippen LogP contribution in [0.1, 0.15) is 13.8 Å². The van der Waals surface area contributed by atoms with E-state index < -0.39 is 30.1 Å². The molecule has 7 heteroatoms. The van der Waals surface area contributed by atoms with Gasteiger partial charge in [-0.05, 0) is 26.0 Å². The molecule has 0 unspecified atom stereocenters. The number of esters is 1. The molecule has 0 bridgehead atoms. The van der Waals surface area contributed by atoms with Gasteiger partial charge >= 0.3 is 12.0 Å². The van der Waals surface area contributed by atoms with Crippen molar-refractivity contribution in [3.63, 3.8) is 0 Å². The summed E-state index contributed by atoms with van der Waals surface area (Å²) < 4.78 is 10.3. The molecule has 1 aromatic rings. The molecule has 0 aliphatic rings. The maximum Gasteiger partial charge on any atom is 0.347 e. The van der Waals surface area contributed by atoms with Gasteiger partial charge in [0, 0.05) is 7.05 Å². The van der Waals surface area contributed by atoms with Crippen molar-refractivity contribution in [1.29, 1.82) is 0 Å². The maximum atomic E-state index is 11.8. The summed E-state index contributed by atoms with van der Waals surface area (Å²) in [4.78, 5) is 34.3. The number of urea groups is 1. The number of para-hydroxylation sites is 1. The normalized spacial score (nSPS) is 12.7. The van der Waals surface area contributed by atoms with Gasteiger partial charge in [-0.2, -0.15) is 0 Å². The molecule has 0 heterocycles. The van der Waals surface area contributed by atoms with Crippen molar-refractivity contribution in [1.82, 2.24) is 10.6 Å². The molecule has 0 aliphatic carbocycles. The highest BCUT2D eigenvalue weighted by Gasteiger charge is 2.24. The van der Waals surface area contributed by atoms with Crippen molar-refractivity contribution in [2.75, 3.05) is 7.05 Å². The first kappa shape index (κ1) is 16.5. The van der Waals surface area contributed by atoms with E-state index in [4.69, 9.17) is 9.47 Å². The third-order valence-corrected chi connectivity index (χ3v) is 2.51. The smallest absolute Gasteiger partial charge is 0.347 e. The van der Waals surface area contributed by atoms with Crippen LogP contribution in [0, 0.1) is 0 Å². The molecule has 0 aliphatic heterocycles. The monoisotopic (exact) mass is 294 g/mol. The Morgan fingerprint density at radius 1 is 1.05 bits per heavy atom. The van der Waals surface area contributed by atoms with E-state index in [1.54, 1.807) is 24.3 Å². The third kappa shape index (κ3) is 5.52. The van der Waals surface area contributed by atoms with Crippen molar-refractivity contribution >= 4 is 17.9 Å². The van der Waals surface area contributed by atoms with Crippen LogP contribution < -0.4 is 15.4 Å². The quantitative estimate of drug-likeness (QED) is 0.785. The summed E-state index contributed by atoms with van der Waals surface area (Å²) in [6, 6.07) is 8.09. The number of carbonyl (C=O) groups excluding carboxylic acids is 3. The molecule has 0 spiro atoms. The Labute approximate surface area is 122 Å². The van der Waals surface area contributed by atoms with Crippen molar-refractivity contribution in [2.45, 2.75) is 26.1 Å². The molecule has 0 fully saturated rings. The van der Waals surface area contributed by atoms with Gasteiger partial charge in [0.1, 0.15) is 5.75 Å². The Kier molecular flexibility index (Phi) is 6.19. The molecule has 0 saturated carbocycles. The molecule has 3 amide bonds. The van der Waals surface area contributed by atoms with Crippen LogP contribution in [0.3, 0.4) is 0 Å². The summed E-state index contributed by atoms with van der Waals surface area (Å²) >= 11 is 0. The standard InChI is InChI=1S/C14H18N2O5/c1-9(12(17)16-14(19)15-3)21-13(18)10(2)20-11-7-5-4-6-8-11/h4-10H,1-3H3,(H2,15,16,17,19)/t9-,10-/m1/s1. The highest BCUT2D eigenvalue weighted by atomic mass is 16.6. The zero-order chi connectivity index (χ0) is 15.8. The molecule has 1 aromatic carbocycles. The maximum absolute atomic E-state index is 11.8. The van der Waals surface area contributed by atoms with Gasteiger partial charge < -0.3 is 14.8 Å². The average molecular weight is 294 g/mol. The van der Waals surface area contributed by atoms with Crippen LogP contribution in [0.5, 0.6) is 5.75 Å². The van der Waals surface area contributed by atoms with E-state index in [0.29, 0.717) is 5.75 Å². The number of carbonyl (C=O) groups is 3. The lowest BCUT2D eigenvalue weighted by Crippen LogP contribution is -2.44. The number of benzene rings is 1. The van der Waals surface area contributed by atoms with E-state index in [-0.39, 0.29) is 0 Å². The number of nitrogens with one attached hydrogen (secondary N) is 2. The van der Waals surface area contributed by atoms with Crippen molar-refractivity contribution in [3.05, 3.63) is 30.3 Å². The van der Waals surface area contributed by atoms with Gasteiger partial charge in [-0.25, -0.2) is 9.59 Å². The molecule has 0 radical (unpaired) electrons. The largest absolute Gasteiger partial charge is 0.479 e. The zero-order valence-electron chi connectivity index (χ0n) is 12.1. The van der Waals surface area contributed by atoms with Crippen molar-refractivity contribution in [3.8, 4) is 5.75 Å². The third-order valence-electron chi connectivity index (χ3n) is 2.51. The number of hydrogen-bond acceptors (Lipinski definition) is 5. The fourth-order valence-electron chi connectivity index (χ4n) is 1.35. The summed E-state index contributed by atoms with van der Waals surface area (Å²) in [6.07, 6.45) is -1.97. The van der Waals surface area contributed by atoms with E-state index >= 15 is 0 Å². The first-order valence-corrected chi connectivity index (χ1v) is 6.38. The Morgan fingerprint density at radius 2 is 1.67 bits per heavy atom. The van der Waals surface area contributed by atoms with Gasteiger partial charge in [-0.15, -0.1) is 0 Å². The van der Waals surface area contributed by atoms with E-state index in [9.17, 15) is 14.4 Å². The zero-order valence-corrected chi connectivity index (χ0v) is 12.1. The lowest BCUT2D eigenvalue weighted by atomic mass is 10.3. The minimum absolute atomic E-state index is 0.518. The second kappa shape index (κ2) is 7.88. The lowest BCUT2D eigenvalue weighted by molar-refractivity contribution is -0.160. The van der Waals surface area contributed by atoms with Crippen LogP contribution in [0.15, 0.2) is 30.3 Å². The Morgan fingerprint density at radius 3 is 2.24 bits per heavy atom. The second-order valence-electron chi connectivity index (χ2n) is 4.22. The van der Waals surface area contributed by atoms with E-state index in [1.165, 1.54) is 20.9 Å². The predicted octanol–water partition coefficient (Wildman–Crippen LogP) is 0.841. The number of imide groups is 1. The number of hydrogen-bond donors (Lipinski definition) is 2. The SMILES string of the molecule is CNC(=O)NC(=O)[C@@H](C)OC(=O)[C@@H](C)Oc1ccccc1. The summed E-state index contributed by atoms with van der Waals surface area (Å²) in [5, 5.41) is 4.24. The molecule has 2 N–H and O–H groups in total. The highest BCUT2D eigenvalue weighted by molar-refractivity contribution is 5.97. The first-order valence-electron chi connectivity index (χ1n) is 6.38. The van der Waals surface area contributed by atoms with Crippen LogP contribution in [0.2, 0.25) is 0 Å². The van der Waals surface area contributed by atoms with E-state index in [0.717, 1.165) is 0 Å². The molecule has 1 rings (SSSR count). The van der Waals surface area contributed by atoms with E-state index in [2.05, 4.69) is 5.32 Å². The summed E-state index contributed by atoms with van der Waals surface area (Å²) in [5.41, 5.74) is 0. The van der Waals surface area contributed by atoms with Gasteiger partial charge in [0.2, 0.25) is 0 Å². The minimum atomic E-state index is -1.10. The van der Waals surface area contributed by atoms with Crippen LogP contribution in [0.25, 0.3) is 0 Å². The molecule has 2 atom stereocenters. The van der Waals surface area contributed by atoms with Gasteiger partial charge in [-0.3, -0.25) is 10.1 Å². The van der Waals surface area contributed by atoms with Crippen molar-refractivity contribution in [2.24, 2.45) is 0 Å². The minimum Gasteiger partial charge on any atom is -0.479 e. The van der Waals surface area contributed by atoms with E-state index in [1.807, 2.05) is 11.4 Å². The number of amides is 3. The molecule has 0 aromatic heterocycles. The lowest BCUT2D eigenvalue weighted by Gasteiger charge is -2.17. The van der Waals surface area contributed by atoms with Crippen LogP contribution >= 0.6 is 0 Å². The summed E-state index contributed by atoms with van der Waals surface area (Å²) in [5.74, 6) is -0.891. The van der Waals surface area contributed by atoms with Gasteiger partial charge in [0.15, 0.2) is 12.2 Å². The fraction of sp³-hybridized carbons (Fsp3) is 0.357. The Balaban J connectivity index is 2.48. The van der Waals surface area contributed by atoms with Crippen LogP contribution in [0.4, 0.5) is 4.79 Å². The molecule has 0 saturated heterocycles. The highest BCUT2D eigenvalue weighted by Crippen LogP contribution is 2.11. The molecular weight excluding hydrogens is 276 g/mol. The molecule has 21 heavy (non-hydrogen) atoms. The van der Waals surface area contributed by atoms with Gasteiger partial charge in [0.05, 0.1) is 0 Å². The number of ether oxygens (including phenoxy) is 2. The van der Waals surface area contributed by atoms with Crippen LogP contribution in [-0.2, 0) is 14.3 Å². The molecule has 114 valence electrons. The van der Waals surface area contributed by atoms with Gasteiger partial charge in [-0.1, -0.05) is 18.2 Å². The van der Waals surface area contributed by atoms with Crippen molar-refractivity contribution < 1.29 is 23.9 Å². The first-order chi connectivity index (χ1) is 9.93. The van der Waals surface area contributed by atoms with Gasteiger partial charge in [0.25, 0.3) is 5.91 Å². The topological polar surface area (TPSA) is 93.7 Å². The number of rotatable bonds is 5. The Hall–Kier alpha value is -2.57. The predicted molar refractivity (Wildman–Crippen MR) is 74.7 cm³/mol. The summed E-state index contributed by atoms with van der Waals surface area (Å²) in [7, 11) is 1.37. The molecule has 7 nitrogen and oxygen atoms in total. The Bertz CT molecular complexity index is 503.